The predicted molar refractivity (Wildman–Crippen MR) is 46.0 cm³/mol. The fraction of sp³-hybridized carbons (Fsp3) is 0.833. The molecular weight excluding hydrogens is 146 g/mol. The van der Waals surface area contributed by atoms with Crippen molar-refractivity contribution in [3.63, 3.8) is 0 Å². The van der Waals surface area contributed by atoms with Gasteiger partial charge in [-0.3, -0.25) is 0 Å². The third-order valence-corrected chi connectivity index (χ3v) is 6.82. The highest BCUT2D eigenvalue weighted by Crippen LogP contribution is 2.19. The summed E-state index contributed by atoms with van der Waals surface area (Å²) >= 11 is 1.41. The highest BCUT2D eigenvalue weighted by Gasteiger charge is 2.22. The van der Waals surface area contributed by atoms with Crippen LogP contribution < -0.4 is 0 Å². The number of thiocyanates is 1. The molecule has 0 heterocycles. The fourth-order valence-electron chi connectivity index (χ4n) is 0.256. The van der Waals surface area contributed by atoms with Gasteiger partial charge in [0, 0.05) is 4.87 Å². The van der Waals surface area contributed by atoms with E-state index in [1.807, 2.05) is 0 Å². The first-order valence-corrected chi connectivity index (χ1v) is 7.49. The third-order valence-electron chi connectivity index (χ3n) is 1.45. The molecule has 0 fully saturated rings. The van der Waals surface area contributed by atoms with Gasteiger partial charge in [-0.05, 0) is 11.8 Å². The van der Waals surface area contributed by atoms with E-state index in [2.05, 4.69) is 32.0 Å². The molecule has 0 N–H and O–H groups in total. The Bertz CT molecular complexity index is 122. The van der Waals surface area contributed by atoms with E-state index >= 15 is 0 Å². The Morgan fingerprint density at radius 2 is 1.89 bits per heavy atom. The van der Waals surface area contributed by atoms with Crippen molar-refractivity contribution in [3.8, 4) is 5.40 Å². The summed E-state index contributed by atoms with van der Waals surface area (Å²) in [4.78, 5) is 0.558. The first kappa shape index (κ1) is 9.06. The lowest BCUT2D eigenvalue weighted by atomic mass is 10.9. The van der Waals surface area contributed by atoms with Crippen LogP contribution in [-0.2, 0) is 0 Å². The fourth-order valence-corrected chi connectivity index (χ4v) is 1.99. The second-order valence-electron chi connectivity index (χ2n) is 3.22. The number of nitrogens with zero attached hydrogens (tertiary/aromatic N) is 1. The molecule has 1 nitrogen and oxygen atoms in total. The van der Waals surface area contributed by atoms with Crippen molar-refractivity contribution in [3.05, 3.63) is 0 Å². The van der Waals surface area contributed by atoms with Crippen molar-refractivity contribution in [2.45, 2.75) is 31.4 Å². The largest absolute Gasteiger partial charge is 0.185 e. The molecule has 0 aliphatic rings. The van der Waals surface area contributed by atoms with E-state index in [1.54, 1.807) is 0 Å². The van der Waals surface area contributed by atoms with E-state index < -0.39 is 8.07 Å². The molecule has 0 aliphatic heterocycles. The van der Waals surface area contributed by atoms with Crippen molar-refractivity contribution in [2.24, 2.45) is 0 Å². The average Bonchev–Trinajstić information content (AvgIpc) is 1.64. The van der Waals surface area contributed by atoms with Crippen LogP contribution in [0, 0.1) is 10.7 Å². The van der Waals surface area contributed by atoms with Crippen LogP contribution in [0.25, 0.3) is 0 Å². The molecule has 0 aromatic rings. The van der Waals surface area contributed by atoms with E-state index in [4.69, 9.17) is 5.26 Å². The van der Waals surface area contributed by atoms with Crippen molar-refractivity contribution in [1.82, 2.24) is 0 Å². The van der Waals surface area contributed by atoms with Crippen LogP contribution in [0.1, 0.15) is 6.92 Å². The first-order valence-electron chi connectivity index (χ1n) is 3.03. The van der Waals surface area contributed by atoms with Gasteiger partial charge in [-0.15, -0.1) is 0 Å². The zero-order chi connectivity index (χ0) is 7.49. The normalized spacial score (nSPS) is 14.6. The monoisotopic (exact) mass is 159 g/mol. The van der Waals surface area contributed by atoms with Crippen LogP contribution in [0.15, 0.2) is 0 Å². The number of nitriles is 1. The van der Waals surface area contributed by atoms with E-state index in [-0.39, 0.29) is 0 Å². The van der Waals surface area contributed by atoms with E-state index in [1.165, 1.54) is 11.8 Å². The van der Waals surface area contributed by atoms with Gasteiger partial charge in [0.1, 0.15) is 5.40 Å². The number of hydrogen-bond donors (Lipinski definition) is 0. The summed E-state index contributed by atoms with van der Waals surface area (Å²) in [5.74, 6) is 0. The minimum atomic E-state index is -1.04. The minimum absolute atomic E-state index is 0.558. The van der Waals surface area contributed by atoms with Gasteiger partial charge in [0.2, 0.25) is 0 Å². The van der Waals surface area contributed by atoms with Crippen LogP contribution >= 0.6 is 11.8 Å². The summed E-state index contributed by atoms with van der Waals surface area (Å²) < 4.78 is 0. The van der Waals surface area contributed by atoms with Gasteiger partial charge < -0.3 is 0 Å². The van der Waals surface area contributed by atoms with Gasteiger partial charge >= 0.3 is 0 Å². The molecule has 0 saturated heterocycles. The van der Waals surface area contributed by atoms with Gasteiger partial charge in [0.25, 0.3) is 0 Å². The molecule has 0 aliphatic carbocycles. The summed E-state index contributed by atoms with van der Waals surface area (Å²) in [5, 5.41) is 10.5. The lowest BCUT2D eigenvalue weighted by molar-refractivity contribution is 1.30. The van der Waals surface area contributed by atoms with E-state index in [0.717, 1.165) is 0 Å². The molecule has 52 valence electrons. The molecule has 0 aromatic carbocycles. The molecule has 0 aromatic heterocycles. The molecule has 0 spiro atoms. The zero-order valence-corrected chi connectivity index (χ0v) is 8.25. The van der Waals surface area contributed by atoms with Gasteiger partial charge in [-0.2, -0.15) is 5.26 Å². The van der Waals surface area contributed by atoms with Gasteiger partial charge in [0.15, 0.2) is 0 Å². The van der Waals surface area contributed by atoms with Gasteiger partial charge in [0.05, 0.1) is 8.07 Å². The van der Waals surface area contributed by atoms with Crippen molar-refractivity contribution in [1.29, 1.82) is 5.26 Å². The average molecular weight is 159 g/mol. The Labute approximate surface area is 62.5 Å². The topological polar surface area (TPSA) is 23.8 Å². The van der Waals surface area contributed by atoms with Crippen molar-refractivity contribution >= 4 is 19.8 Å². The maximum atomic E-state index is 8.34. The van der Waals surface area contributed by atoms with Crippen LogP contribution in [0.3, 0.4) is 0 Å². The second-order valence-corrected chi connectivity index (χ2v) is 10.4. The highest BCUT2D eigenvalue weighted by molar-refractivity contribution is 8.05. The quantitative estimate of drug-likeness (QED) is 0.456. The molecule has 0 saturated carbocycles. The zero-order valence-electron chi connectivity index (χ0n) is 6.43. The van der Waals surface area contributed by atoms with E-state index in [9.17, 15) is 0 Å². The Hall–Kier alpha value is 0.0569. The maximum Gasteiger partial charge on any atom is 0.133 e. The molecule has 0 radical (unpaired) electrons. The number of hydrogen-bond acceptors (Lipinski definition) is 2. The Morgan fingerprint density at radius 3 is 2.00 bits per heavy atom. The van der Waals surface area contributed by atoms with Crippen LogP contribution in [0.4, 0.5) is 0 Å². The van der Waals surface area contributed by atoms with Crippen LogP contribution in [-0.4, -0.2) is 12.9 Å². The van der Waals surface area contributed by atoms with Crippen LogP contribution in [0.2, 0.25) is 19.6 Å². The molecule has 1 atom stereocenters. The molecule has 0 rings (SSSR count). The summed E-state index contributed by atoms with van der Waals surface area (Å²) in [6.45, 7) is 8.98. The summed E-state index contributed by atoms with van der Waals surface area (Å²) in [6.07, 6.45) is 0. The third kappa shape index (κ3) is 3.60. The minimum Gasteiger partial charge on any atom is -0.185 e. The standard InChI is InChI=1S/C6H13NSSi/c1-6(8-5-7)9(2,3)4/h6H,1-4H3. The molecule has 0 bridgehead atoms. The van der Waals surface area contributed by atoms with E-state index in [0.29, 0.717) is 4.87 Å². The highest BCUT2D eigenvalue weighted by atomic mass is 32.2. The van der Waals surface area contributed by atoms with Crippen molar-refractivity contribution < 1.29 is 0 Å². The maximum absolute atomic E-state index is 8.34. The number of thioether (sulfide) groups is 1. The predicted octanol–water partition coefficient (Wildman–Crippen LogP) is 2.47. The molecule has 1 unspecified atom stereocenters. The smallest absolute Gasteiger partial charge is 0.133 e. The Balaban J connectivity index is 3.76. The molecular formula is C6H13NSSi. The lowest BCUT2D eigenvalue weighted by Crippen LogP contribution is -2.32. The first-order chi connectivity index (χ1) is 3.98. The molecule has 3 heteroatoms. The lowest BCUT2D eigenvalue weighted by Gasteiger charge is -2.20. The van der Waals surface area contributed by atoms with Gasteiger partial charge in [-0.25, -0.2) is 0 Å². The van der Waals surface area contributed by atoms with Crippen LogP contribution in [0.5, 0.6) is 0 Å². The Morgan fingerprint density at radius 1 is 1.44 bits per heavy atom. The summed E-state index contributed by atoms with van der Waals surface area (Å²) in [6, 6.07) is 0. The summed E-state index contributed by atoms with van der Waals surface area (Å²) in [5.41, 5.74) is 0. The summed E-state index contributed by atoms with van der Waals surface area (Å²) in [7, 11) is -1.04. The second kappa shape index (κ2) is 3.28. The SMILES string of the molecule is CC(SC#N)[Si](C)(C)C. The van der Waals surface area contributed by atoms with Crippen molar-refractivity contribution in [2.75, 3.05) is 0 Å². The van der Waals surface area contributed by atoms with Gasteiger partial charge in [-0.1, -0.05) is 26.6 Å². The number of rotatable bonds is 2. The molecule has 0 amide bonds. The molecule has 9 heavy (non-hydrogen) atoms. The Kier molecular flexibility index (Phi) is 3.30.